The Morgan fingerprint density at radius 2 is 1.97 bits per heavy atom. The second-order valence-corrected chi connectivity index (χ2v) is 8.61. The van der Waals surface area contributed by atoms with Crippen LogP contribution in [0.15, 0.2) is 36.7 Å². The van der Waals surface area contributed by atoms with Gasteiger partial charge in [0.2, 0.25) is 5.91 Å². The van der Waals surface area contributed by atoms with Crippen molar-refractivity contribution < 1.29 is 23.8 Å². The van der Waals surface area contributed by atoms with Crippen LogP contribution in [0.25, 0.3) is 10.9 Å². The topological polar surface area (TPSA) is 96.8 Å². The van der Waals surface area contributed by atoms with Crippen molar-refractivity contribution in [1.29, 1.82) is 0 Å². The Balaban J connectivity index is 1.55. The van der Waals surface area contributed by atoms with E-state index in [1.807, 2.05) is 6.07 Å². The molecule has 4 rings (SSSR count). The van der Waals surface area contributed by atoms with Gasteiger partial charge in [-0.2, -0.15) is 0 Å². The third-order valence-corrected chi connectivity index (χ3v) is 6.41. The molecule has 0 spiro atoms. The van der Waals surface area contributed by atoms with Crippen LogP contribution in [-0.2, 0) is 4.79 Å². The summed E-state index contributed by atoms with van der Waals surface area (Å²) in [4.78, 5) is 22.1. The number of nitrogens with one attached hydrogen (secondary N) is 1. The number of anilines is 2. The van der Waals surface area contributed by atoms with E-state index in [0.29, 0.717) is 33.9 Å². The van der Waals surface area contributed by atoms with Gasteiger partial charge in [0.25, 0.3) is 0 Å². The maximum Gasteiger partial charge on any atom is 0.248 e. The second-order valence-electron chi connectivity index (χ2n) is 8.21. The van der Waals surface area contributed by atoms with Crippen LogP contribution in [0, 0.1) is 5.82 Å². The predicted molar refractivity (Wildman–Crippen MR) is 127 cm³/mol. The quantitative estimate of drug-likeness (QED) is 0.511. The van der Waals surface area contributed by atoms with Crippen molar-refractivity contribution in [3.8, 4) is 11.5 Å². The number of aromatic nitrogens is 2. The molecule has 1 aliphatic rings. The van der Waals surface area contributed by atoms with Gasteiger partial charge in [0.05, 0.1) is 23.8 Å². The number of nitrogens with zero attached hydrogens (tertiary/aromatic N) is 3. The highest BCUT2D eigenvalue weighted by molar-refractivity contribution is 6.31. The van der Waals surface area contributed by atoms with Crippen molar-refractivity contribution in [2.45, 2.75) is 37.8 Å². The van der Waals surface area contributed by atoms with Crippen LogP contribution in [0.5, 0.6) is 11.5 Å². The highest BCUT2D eigenvalue weighted by Crippen LogP contribution is 2.37. The summed E-state index contributed by atoms with van der Waals surface area (Å²) in [7, 11) is 3.29. The first-order valence-electron chi connectivity index (χ1n) is 11.0. The van der Waals surface area contributed by atoms with Gasteiger partial charge in [0.15, 0.2) is 11.5 Å². The van der Waals surface area contributed by atoms with Gasteiger partial charge >= 0.3 is 0 Å². The van der Waals surface area contributed by atoms with Crippen molar-refractivity contribution >= 4 is 39.9 Å². The van der Waals surface area contributed by atoms with Crippen molar-refractivity contribution in [2.75, 3.05) is 26.1 Å². The summed E-state index contributed by atoms with van der Waals surface area (Å²) in [5.74, 6) is 0.864. The Labute approximate surface area is 201 Å². The molecule has 2 N–H and O–H groups in total. The number of carbonyl (C=O) groups excluding carboxylic acids is 1. The van der Waals surface area contributed by atoms with E-state index in [4.69, 9.17) is 26.2 Å². The van der Waals surface area contributed by atoms with E-state index in [1.165, 1.54) is 18.5 Å². The van der Waals surface area contributed by atoms with Crippen LogP contribution in [0.1, 0.15) is 25.7 Å². The fourth-order valence-electron chi connectivity index (χ4n) is 4.17. The first-order valence-corrected chi connectivity index (χ1v) is 11.4. The fourth-order valence-corrected chi connectivity index (χ4v) is 4.35. The average Bonchev–Trinajstić information content (AvgIpc) is 2.85. The van der Waals surface area contributed by atoms with Crippen molar-refractivity contribution in [3.63, 3.8) is 0 Å². The normalized spacial score (nSPS) is 17.9. The molecule has 10 heteroatoms. The molecule has 0 bridgehead atoms. The molecule has 0 radical (unpaired) electrons. The Morgan fingerprint density at radius 1 is 1.21 bits per heavy atom. The summed E-state index contributed by atoms with van der Waals surface area (Å²) >= 11 is 5.91. The number of methoxy groups -OCH3 is 1. The number of aliphatic hydroxyl groups is 1. The zero-order valence-electron chi connectivity index (χ0n) is 18.9. The summed E-state index contributed by atoms with van der Waals surface area (Å²) in [6, 6.07) is 8.05. The molecule has 1 aromatic heterocycles. The molecule has 0 unspecified atom stereocenters. The van der Waals surface area contributed by atoms with Gasteiger partial charge in [-0.25, -0.2) is 14.4 Å². The van der Waals surface area contributed by atoms with E-state index in [0.717, 1.165) is 25.7 Å². The lowest BCUT2D eigenvalue weighted by Gasteiger charge is -2.34. The lowest BCUT2D eigenvalue weighted by Crippen LogP contribution is -2.42. The van der Waals surface area contributed by atoms with Gasteiger partial charge in [-0.15, -0.1) is 0 Å². The number of amides is 1. The van der Waals surface area contributed by atoms with E-state index < -0.39 is 12.4 Å². The maximum atomic E-state index is 13.5. The number of benzene rings is 2. The Hall–Kier alpha value is -3.17. The number of hydrogen-bond donors (Lipinski definition) is 2. The van der Waals surface area contributed by atoms with Gasteiger partial charge in [-0.05, 0) is 49.9 Å². The standard InChI is InChI=1S/C24H26ClFN4O4/c1-30(23(32)12-31)15-4-6-16(7-5-15)34-22-10-17-20(11-21(22)33-2)27-13-28-24(17)29-14-3-8-19(26)18(25)9-14/h3,8-11,13,15-16,31H,4-7,12H2,1-2H3,(H,27,28,29)/t15-,16-. The molecule has 0 atom stereocenters. The van der Waals surface area contributed by atoms with Gasteiger partial charge in [-0.1, -0.05) is 11.6 Å². The summed E-state index contributed by atoms with van der Waals surface area (Å²) < 4.78 is 25.4. The Bertz CT molecular complexity index is 1190. The van der Waals surface area contributed by atoms with E-state index >= 15 is 0 Å². The first kappa shape index (κ1) is 24.0. The SMILES string of the molecule is COc1cc2ncnc(Nc3ccc(F)c(Cl)c3)c2cc1O[C@H]1CC[C@H](N(C)C(=O)CO)CC1. The zero-order chi connectivity index (χ0) is 24.2. The molecule has 3 aromatic rings. The molecule has 1 saturated carbocycles. The van der Waals surface area contributed by atoms with E-state index in [1.54, 1.807) is 31.2 Å². The van der Waals surface area contributed by atoms with Crippen LogP contribution in [-0.4, -0.2) is 58.8 Å². The van der Waals surface area contributed by atoms with Crippen molar-refractivity contribution in [1.82, 2.24) is 14.9 Å². The van der Waals surface area contributed by atoms with Crippen LogP contribution < -0.4 is 14.8 Å². The lowest BCUT2D eigenvalue weighted by atomic mass is 9.92. The minimum Gasteiger partial charge on any atom is -0.493 e. The monoisotopic (exact) mass is 488 g/mol. The van der Waals surface area contributed by atoms with Gasteiger partial charge < -0.3 is 24.8 Å². The minimum absolute atomic E-state index is 0.0102. The largest absolute Gasteiger partial charge is 0.493 e. The van der Waals surface area contributed by atoms with Gasteiger partial charge in [-0.3, -0.25) is 4.79 Å². The van der Waals surface area contributed by atoms with Crippen LogP contribution >= 0.6 is 11.6 Å². The number of aliphatic hydroxyl groups excluding tert-OH is 1. The second kappa shape index (κ2) is 10.4. The lowest BCUT2D eigenvalue weighted by molar-refractivity contribution is -0.135. The number of hydrogen-bond acceptors (Lipinski definition) is 7. The predicted octanol–water partition coefficient (Wildman–Crippen LogP) is 4.32. The van der Waals surface area contributed by atoms with Crippen LogP contribution in [0.2, 0.25) is 5.02 Å². The fraction of sp³-hybridized carbons (Fsp3) is 0.375. The van der Waals surface area contributed by atoms with E-state index in [-0.39, 0.29) is 23.1 Å². The van der Waals surface area contributed by atoms with Crippen molar-refractivity contribution in [2.24, 2.45) is 0 Å². The molecule has 0 aliphatic heterocycles. The minimum atomic E-state index is -0.498. The molecule has 34 heavy (non-hydrogen) atoms. The van der Waals surface area contributed by atoms with Gasteiger partial charge in [0, 0.05) is 30.2 Å². The Kier molecular flexibility index (Phi) is 7.33. The number of carbonyl (C=O) groups is 1. The molecule has 1 fully saturated rings. The van der Waals surface area contributed by atoms with Crippen molar-refractivity contribution in [3.05, 3.63) is 47.5 Å². The molecule has 1 heterocycles. The Morgan fingerprint density at radius 3 is 2.65 bits per heavy atom. The molecular weight excluding hydrogens is 463 g/mol. The molecule has 1 aliphatic carbocycles. The number of likely N-dealkylation sites (N-methyl/N-ethyl adjacent to an activating group) is 1. The third-order valence-electron chi connectivity index (χ3n) is 6.12. The highest BCUT2D eigenvalue weighted by atomic mass is 35.5. The summed E-state index contributed by atoms with van der Waals surface area (Å²) in [6.07, 6.45) is 4.48. The number of halogens is 2. The maximum absolute atomic E-state index is 13.5. The molecule has 180 valence electrons. The highest BCUT2D eigenvalue weighted by Gasteiger charge is 2.28. The van der Waals surface area contributed by atoms with Gasteiger partial charge in [0.1, 0.15) is 24.6 Å². The molecule has 2 aromatic carbocycles. The first-order chi connectivity index (χ1) is 16.4. The van der Waals surface area contributed by atoms with Crippen LogP contribution in [0.3, 0.4) is 0 Å². The molecule has 0 saturated heterocycles. The summed E-state index contributed by atoms with van der Waals surface area (Å²) in [5.41, 5.74) is 1.24. The number of ether oxygens (including phenoxy) is 2. The molecule has 8 nitrogen and oxygen atoms in total. The smallest absolute Gasteiger partial charge is 0.248 e. The summed E-state index contributed by atoms with van der Waals surface area (Å²) in [5, 5.41) is 13.0. The zero-order valence-corrected chi connectivity index (χ0v) is 19.7. The summed E-state index contributed by atoms with van der Waals surface area (Å²) in [6.45, 7) is -0.482. The third kappa shape index (κ3) is 5.15. The number of rotatable bonds is 7. The average molecular weight is 489 g/mol. The molecular formula is C24H26ClFN4O4. The van der Waals surface area contributed by atoms with E-state index in [9.17, 15) is 9.18 Å². The number of fused-ring (bicyclic) bond motifs is 1. The molecule has 1 amide bonds. The van der Waals surface area contributed by atoms with E-state index in [2.05, 4.69) is 15.3 Å². The van der Waals surface area contributed by atoms with Crippen LogP contribution in [0.4, 0.5) is 15.9 Å².